The van der Waals surface area contributed by atoms with Crippen molar-refractivity contribution < 1.29 is 14.3 Å². The van der Waals surface area contributed by atoms with Gasteiger partial charge < -0.3 is 19.7 Å². The molecule has 0 aromatic heterocycles. The summed E-state index contributed by atoms with van der Waals surface area (Å²) in [6.07, 6.45) is 4.45. The Hall–Kier alpha value is -3.04. The lowest BCUT2D eigenvalue weighted by atomic mass is 9.92. The zero-order chi connectivity index (χ0) is 21.8. The van der Waals surface area contributed by atoms with E-state index in [0.717, 1.165) is 50.7 Å². The van der Waals surface area contributed by atoms with Gasteiger partial charge in [0.2, 0.25) is 0 Å². The van der Waals surface area contributed by atoms with Gasteiger partial charge in [-0.25, -0.2) is 0 Å². The number of hydrogen-bond donors (Lipinski definition) is 1. The molecule has 1 saturated heterocycles. The van der Waals surface area contributed by atoms with Gasteiger partial charge in [0.25, 0.3) is 5.91 Å². The normalized spacial score (nSPS) is 21.0. The maximum absolute atomic E-state index is 12.6. The fourth-order valence-corrected chi connectivity index (χ4v) is 4.29. The van der Waals surface area contributed by atoms with Crippen molar-refractivity contribution in [1.29, 1.82) is 5.26 Å². The van der Waals surface area contributed by atoms with Crippen LogP contribution in [0.5, 0.6) is 5.75 Å². The highest BCUT2D eigenvalue weighted by Gasteiger charge is 2.27. The van der Waals surface area contributed by atoms with Crippen LogP contribution in [0.25, 0.3) is 0 Å². The second kappa shape index (κ2) is 9.40. The summed E-state index contributed by atoms with van der Waals surface area (Å²) in [5, 5.41) is 12.5. The van der Waals surface area contributed by atoms with Crippen LogP contribution < -0.4 is 15.0 Å². The lowest BCUT2D eigenvalue weighted by Gasteiger charge is -2.38. The molecule has 0 bridgehead atoms. The first-order valence-corrected chi connectivity index (χ1v) is 10.9. The number of hydrogen-bond acceptors (Lipinski definition) is 5. The topological polar surface area (TPSA) is 82.4 Å². The van der Waals surface area contributed by atoms with Gasteiger partial charge in [-0.1, -0.05) is 11.6 Å². The van der Waals surface area contributed by atoms with Crippen molar-refractivity contribution in [2.45, 2.75) is 37.8 Å². The number of rotatable bonds is 6. The van der Waals surface area contributed by atoms with Crippen LogP contribution in [-0.2, 0) is 4.79 Å². The highest BCUT2D eigenvalue weighted by molar-refractivity contribution is 6.31. The van der Waals surface area contributed by atoms with Crippen LogP contribution in [0.3, 0.4) is 0 Å². The molecule has 2 aliphatic rings. The SMILES string of the molecule is N#Cc1ccc(OC2CCC(NC(=O)c3ccc(N4CC(C=O)C4)cc3)CC2)cc1Cl. The van der Waals surface area contributed by atoms with Crippen LogP contribution in [0.1, 0.15) is 41.6 Å². The molecule has 160 valence electrons. The van der Waals surface area contributed by atoms with E-state index < -0.39 is 0 Å². The Kier molecular flexibility index (Phi) is 6.43. The van der Waals surface area contributed by atoms with Gasteiger partial charge in [0, 0.05) is 42.4 Å². The minimum Gasteiger partial charge on any atom is -0.490 e. The summed E-state index contributed by atoms with van der Waals surface area (Å²) < 4.78 is 6.01. The molecule has 1 saturated carbocycles. The highest BCUT2D eigenvalue weighted by atomic mass is 35.5. The van der Waals surface area contributed by atoms with Gasteiger partial charge >= 0.3 is 0 Å². The van der Waals surface area contributed by atoms with Crippen molar-refractivity contribution in [1.82, 2.24) is 5.32 Å². The van der Waals surface area contributed by atoms with Gasteiger partial charge in [0.1, 0.15) is 18.1 Å². The minimum atomic E-state index is -0.0656. The molecule has 7 heteroatoms. The van der Waals surface area contributed by atoms with Gasteiger partial charge in [-0.15, -0.1) is 0 Å². The number of amides is 1. The molecule has 2 aromatic carbocycles. The smallest absolute Gasteiger partial charge is 0.251 e. The number of benzene rings is 2. The summed E-state index contributed by atoms with van der Waals surface area (Å²) in [5.74, 6) is 0.721. The molecular weight excluding hydrogens is 414 g/mol. The average molecular weight is 438 g/mol. The molecule has 2 aromatic rings. The Bertz CT molecular complexity index is 988. The summed E-state index contributed by atoms with van der Waals surface area (Å²) in [4.78, 5) is 25.5. The standard InChI is InChI=1S/C24H24ClN3O3/c25-23-11-22(8-3-18(23)12-26)31-21-9-4-19(5-10-21)27-24(30)17-1-6-20(7-2-17)28-13-16(14-28)15-29/h1-3,6-8,11,15-16,19,21H,4-5,9-10,13-14H2,(H,27,30). The van der Waals surface area contributed by atoms with Crippen molar-refractivity contribution in [2.75, 3.05) is 18.0 Å². The quantitative estimate of drug-likeness (QED) is 0.691. The molecule has 6 nitrogen and oxygen atoms in total. The van der Waals surface area contributed by atoms with Gasteiger partial charge in [-0.05, 0) is 62.1 Å². The lowest BCUT2D eigenvalue weighted by molar-refractivity contribution is -0.111. The number of ether oxygens (including phenoxy) is 1. The van der Waals surface area contributed by atoms with Crippen LogP contribution in [0.15, 0.2) is 42.5 Å². The number of aldehydes is 1. The Morgan fingerprint density at radius 1 is 1.13 bits per heavy atom. The van der Waals surface area contributed by atoms with Crippen LogP contribution in [0, 0.1) is 17.2 Å². The second-order valence-electron chi connectivity index (χ2n) is 8.17. The first-order valence-electron chi connectivity index (χ1n) is 10.5. The van der Waals surface area contributed by atoms with Gasteiger partial charge in [0.15, 0.2) is 0 Å². The van der Waals surface area contributed by atoms with Gasteiger partial charge in [-0.3, -0.25) is 4.79 Å². The van der Waals surface area contributed by atoms with Crippen LogP contribution in [-0.4, -0.2) is 37.4 Å². The minimum absolute atomic E-state index is 0.0656. The molecule has 0 atom stereocenters. The number of nitriles is 1. The third kappa shape index (κ3) is 5.00. The predicted octanol–water partition coefficient (Wildman–Crippen LogP) is 3.97. The Morgan fingerprint density at radius 2 is 1.84 bits per heavy atom. The number of carbonyl (C=O) groups is 2. The van der Waals surface area contributed by atoms with E-state index in [1.165, 1.54) is 0 Å². The maximum Gasteiger partial charge on any atom is 0.251 e. The lowest BCUT2D eigenvalue weighted by Crippen LogP contribution is -2.47. The van der Waals surface area contributed by atoms with Crippen LogP contribution >= 0.6 is 11.6 Å². The van der Waals surface area contributed by atoms with Crippen molar-refractivity contribution in [2.24, 2.45) is 5.92 Å². The number of carbonyl (C=O) groups excluding carboxylic acids is 2. The van der Waals surface area contributed by atoms with E-state index in [-0.39, 0.29) is 24.0 Å². The average Bonchev–Trinajstić information content (AvgIpc) is 2.75. The summed E-state index contributed by atoms with van der Waals surface area (Å²) in [6.45, 7) is 1.49. The maximum atomic E-state index is 12.6. The van der Waals surface area contributed by atoms with Crippen molar-refractivity contribution in [3.63, 3.8) is 0 Å². The second-order valence-corrected chi connectivity index (χ2v) is 8.57. The monoisotopic (exact) mass is 437 g/mol. The van der Waals surface area contributed by atoms with Crippen molar-refractivity contribution in [3.8, 4) is 11.8 Å². The molecule has 0 spiro atoms. The first kappa shape index (κ1) is 21.2. The summed E-state index contributed by atoms with van der Waals surface area (Å²) in [5.41, 5.74) is 2.11. The Morgan fingerprint density at radius 3 is 2.45 bits per heavy atom. The van der Waals surface area contributed by atoms with Gasteiger partial charge in [0.05, 0.1) is 16.7 Å². The van der Waals surface area contributed by atoms with Gasteiger partial charge in [-0.2, -0.15) is 5.26 Å². The third-order valence-electron chi connectivity index (χ3n) is 5.97. The molecule has 1 heterocycles. The molecular formula is C24H24ClN3O3. The van der Waals surface area contributed by atoms with E-state index in [1.807, 2.05) is 30.3 Å². The number of halogens is 1. The fraction of sp³-hybridized carbons (Fsp3) is 0.375. The third-order valence-corrected chi connectivity index (χ3v) is 6.28. The summed E-state index contributed by atoms with van der Waals surface area (Å²) in [7, 11) is 0. The van der Waals surface area contributed by atoms with E-state index in [0.29, 0.717) is 21.9 Å². The van der Waals surface area contributed by atoms with E-state index in [9.17, 15) is 9.59 Å². The molecule has 31 heavy (non-hydrogen) atoms. The zero-order valence-corrected chi connectivity index (χ0v) is 17.8. The number of nitrogens with one attached hydrogen (secondary N) is 1. The number of anilines is 1. The molecule has 0 unspecified atom stereocenters. The van der Waals surface area contributed by atoms with Crippen molar-refractivity contribution >= 4 is 29.5 Å². The molecule has 1 amide bonds. The van der Waals surface area contributed by atoms with E-state index >= 15 is 0 Å². The highest BCUT2D eigenvalue weighted by Crippen LogP contribution is 2.28. The summed E-state index contributed by atoms with van der Waals surface area (Å²) >= 11 is 6.07. The van der Waals surface area contributed by atoms with Crippen LogP contribution in [0.4, 0.5) is 5.69 Å². The zero-order valence-electron chi connectivity index (χ0n) is 17.1. The molecule has 2 fully saturated rings. The van der Waals surface area contributed by atoms with E-state index in [1.54, 1.807) is 18.2 Å². The van der Waals surface area contributed by atoms with Crippen molar-refractivity contribution in [3.05, 3.63) is 58.6 Å². The largest absolute Gasteiger partial charge is 0.490 e. The molecule has 0 radical (unpaired) electrons. The molecule has 4 rings (SSSR count). The number of nitrogens with zero attached hydrogens (tertiary/aromatic N) is 2. The van der Waals surface area contributed by atoms with Crippen LogP contribution in [0.2, 0.25) is 5.02 Å². The molecule has 1 aliphatic carbocycles. The molecule has 1 N–H and O–H groups in total. The Balaban J connectivity index is 1.24. The fourth-order valence-electron chi connectivity index (χ4n) is 4.08. The van der Waals surface area contributed by atoms with E-state index in [4.69, 9.17) is 21.6 Å². The predicted molar refractivity (Wildman–Crippen MR) is 119 cm³/mol. The summed E-state index contributed by atoms with van der Waals surface area (Å²) in [6, 6.07) is 14.8. The van der Waals surface area contributed by atoms with E-state index in [2.05, 4.69) is 10.2 Å². The first-order chi connectivity index (χ1) is 15.1. The molecule has 1 aliphatic heterocycles. The Labute approximate surface area is 186 Å².